The molecule has 1 aromatic carbocycles. The second kappa shape index (κ2) is 8.29. The van der Waals surface area contributed by atoms with Crippen molar-refractivity contribution in [3.8, 4) is 0 Å². The van der Waals surface area contributed by atoms with E-state index in [2.05, 4.69) is 24.1 Å². The van der Waals surface area contributed by atoms with Crippen LogP contribution in [0.5, 0.6) is 0 Å². The standard InChI is InChI=1S/C18H29N3O3S/c1-14(2)7-8-19-18(22)17-13-16(6-5-15(17)3)25(23,24)21-11-9-20(4)10-12-21/h5-6,13-14H,7-12H2,1-4H3,(H,19,22). The number of piperazine rings is 1. The maximum absolute atomic E-state index is 12.9. The topological polar surface area (TPSA) is 69.7 Å². The number of amides is 1. The summed E-state index contributed by atoms with van der Waals surface area (Å²) in [6.07, 6.45) is 0.893. The molecular weight excluding hydrogens is 338 g/mol. The summed E-state index contributed by atoms with van der Waals surface area (Å²) in [5.74, 6) is 0.291. The molecule has 6 nitrogen and oxygen atoms in total. The molecule has 0 unspecified atom stereocenters. The monoisotopic (exact) mass is 367 g/mol. The highest BCUT2D eigenvalue weighted by molar-refractivity contribution is 7.89. The van der Waals surface area contributed by atoms with Gasteiger partial charge in [0, 0.05) is 38.3 Å². The quantitative estimate of drug-likeness (QED) is 0.831. The van der Waals surface area contributed by atoms with E-state index in [4.69, 9.17) is 0 Å². The van der Waals surface area contributed by atoms with Crippen molar-refractivity contribution in [1.29, 1.82) is 0 Å². The number of nitrogens with zero attached hydrogens (tertiary/aromatic N) is 2. The molecule has 140 valence electrons. The van der Waals surface area contributed by atoms with Crippen LogP contribution >= 0.6 is 0 Å². The fraction of sp³-hybridized carbons (Fsp3) is 0.611. The molecule has 1 fully saturated rings. The van der Waals surface area contributed by atoms with Crippen LogP contribution in [0.2, 0.25) is 0 Å². The number of aryl methyl sites for hydroxylation is 1. The number of nitrogens with one attached hydrogen (secondary N) is 1. The molecule has 0 spiro atoms. The molecule has 0 saturated carbocycles. The summed E-state index contributed by atoms with van der Waals surface area (Å²) < 4.78 is 27.2. The van der Waals surface area contributed by atoms with Crippen molar-refractivity contribution in [2.24, 2.45) is 5.92 Å². The first-order valence-electron chi connectivity index (χ1n) is 8.79. The lowest BCUT2D eigenvalue weighted by Gasteiger charge is -2.31. The first kappa shape index (κ1) is 19.9. The molecule has 0 aromatic heterocycles. The summed E-state index contributed by atoms with van der Waals surface area (Å²) in [4.78, 5) is 14.7. The van der Waals surface area contributed by atoms with Gasteiger partial charge >= 0.3 is 0 Å². The lowest BCUT2D eigenvalue weighted by atomic mass is 10.1. The summed E-state index contributed by atoms with van der Waals surface area (Å²) >= 11 is 0. The van der Waals surface area contributed by atoms with Crippen molar-refractivity contribution >= 4 is 15.9 Å². The summed E-state index contributed by atoms with van der Waals surface area (Å²) in [6.45, 7) is 8.99. The second-order valence-corrected chi connectivity index (χ2v) is 9.06. The Morgan fingerprint density at radius 2 is 1.84 bits per heavy atom. The fourth-order valence-corrected chi connectivity index (χ4v) is 4.20. The van der Waals surface area contributed by atoms with Crippen LogP contribution in [0.25, 0.3) is 0 Å². The Bertz CT molecular complexity index is 708. The van der Waals surface area contributed by atoms with Crippen molar-refractivity contribution in [3.63, 3.8) is 0 Å². The van der Waals surface area contributed by atoms with Crippen molar-refractivity contribution in [2.75, 3.05) is 39.8 Å². The molecule has 1 aliphatic rings. The predicted molar refractivity (Wildman–Crippen MR) is 99.2 cm³/mol. The SMILES string of the molecule is Cc1ccc(S(=O)(=O)N2CCN(C)CC2)cc1C(=O)NCCC(C)C. The molecule has 2 rings (SSSR count). The highest BCUT2D eigenvalue weighted by Crippen LogP contribution is 2.21. The second-order valence-electron chi connectivity index (χ2n) is 7.12. The molecule has 1 saturated heterocycles. The van der Waals surface area contributed by atoms with E-state index in [0.29, 0.717) is 44.2 Å². The van der Waals surface area contributed by atoms with Gasteiger partial charge in [0.2, 0.25) is 10.0 Å². The number of carbonyl (C=O) groups is 1. The largest absolute Gasteiger partial charge is 0.352 e. The van der Waals surface area contributed by atoms with E-state index in [1.54, 1.807) is 12.1 Å². The summed E-state index contributed by atoms with van der Waals surface area (Å²) in [5.41, 5.74) is 1.21. The van der Waals surface area contributed by atoms with Gasteiger partial charge in [-0.15, -0.1) is 0 Å². The fourth-order valence-electron chi connectivity index (χ4n) is 2.75. The minimum absolute atomic E-state index is 0.191. The minimum Gasteiger partial charge on any atom is -0.352 e. The molecule has 1 aromatic rings. The molecule has 0 radical (unpaired) electrons. The molecule has 7 heteroatoms. The van der Waals surface area contributed by atoms with Crippen molar-refractivity contribution in [1.82, 2.24) is 14.5 Å². The molecule has 0 aliphatic carbocycles. The Morgan fingerprint density at radius 1 is 1.20 bits per heavy atom. The van der Waals surface area contributed by atoms with Crippen LogP contribution in [0, 0.1) is 12.8 Å². The van der Waals surface area contributed by atoms with Gasteiger partial charge in [0.1, 0.15) is 0 Å². The average molecular weight is 368 g/mol. The molecule has 1 N–H and O–H groups in total. The molecule has 1 heterocycles. The van der Waals surface area contributed by atoms with Gasteiger partial charge in [-0.1, -0.05) is 19.9 Å². The Morgan fingerprint density at radius 3 is 2.44 bits per heavy atom. The highest BCUT2D eigenvalue weighted by Gasteiger charge is 2.28. The number of hydrogen-bond acceptors (Lipinski definition) is 4. The molecule has 1 aliphatic heterocycles. The molecular formula is C18H29N3O3S. The summed E-state index contributed by atoms with van der Waals surface area (Å²) in [6, 6.07) is 4.81. The van der Waals surface area contributed by atoms with E-state index in [1.807, 2.05) is 14.0 Å². The van der Waals surface area contributed by atoms with Gasteiger partial charge in [0.15, 0.2) is 0 Å². The van der Waals surface area contributed by atoms with Gasteiger partial charge in [-0.2, -0.15) is 4.31 Å². The molecule has 0 bridgehead atoms. The van der Waals surface area contributed by atoms with Crippen LogP contribution < -0.4 is 5.32 Å². The number of sulfonamides is 1. The van der Waals surface area contributed by atoms with Crippen LogP contribution in [0.15, 0.2) is 23.1 Å². The first-order chi connectivity index (χ1) is 11.7. The Hall–Kier alpha value is -1.44. The van der Waals surface area contributed by atoms with Crippen molar-refractivity contribution in [3.05, 3.63) is 29.3 Å². The van der Waals surface area contributed by atoms with Gasteiger partial charge < -0.3 is 10.2 Å². The van der Waals surface area contributed by atoms with Gasteiger partial charge in [0.05, 0.1) is 4.90 Å². The molecule has 25 heavy (non-hydrogen) atoms. The van der Waals surface area contributed by atoms with E-state index in [9.17, 15) is 13.2 Å². The summed E-state index contributed by atoms with van der Waals surface area (Å²) in [7, 11) is -1.58. The number of rotatable bonds is 6. The third-order valence-corrected chi connectivity index (χ3v) is 6.46. The van der Waals surface area contributed by atoms with Crippen LogP contribution in [0.1, 0.15) is 36.2 Å². The Kier molecular flexibility index (Phi) is 6.59. The number of benzene rings is 1. The highest BCUT2D eigenvalue weighted by atomic mass is 32.2. The third-order valence-electron chi connectivity index (χ3n) is 4.56. The number of likely N-dealkylation sites (N-methyl/N-ethyl adjacent to an activating group) is 1. The summed E-state index contributed by atoms with van der Waals surface area (Å²) in [5, 5.41) is 2.88. The van der Waals surface area contributed by atoms with E-state index < -0.39 is 10.0 Å². The van der Waals surface area contributed by atoms with Crippen LogP contribution in [0.4, 0.5) is 0 Å². The van der Waals surface area contributed by atoms with E-state index in [1.165, 1.54) is 10.4 Å². The normalized spacial score (nSPS) is 17.0. The maximum atomic E-state index is 12.9. The number of carbonyl (C=O) groups excluding carboxylic acids is 1. The minimum atomic E-state index is -3.57. The molecule has 0 atom stereocenters. The van der Waals surface area contributed by atoms with Gasteiger partial charge in [-0.25, -0.2) is 8.42 Å². The van der Waals surface area contributed by atoms with E-state index in [-0.39, 0.29) is 10.8 Å². The Balaban J connectivity index is 2.18. The van der Waals surface area contributed by atoms with Crippen molar-refractivity contribution in [2.45, 2.75) is 32.1 Å². The van der Waals surface area contributed by atoms with Crippen LogP contribution in [-0.4, -0.2) is 63.3 Å². The smallest absolute Gasteiger partial charge is 0.251 e. The average Bonchev–Trinajstić information content (AvgIpc) is 2.55. The zero-order valence-corrected chi connectivity index (χ0v) is 16.4. The molecule has 1 amide bonds. The first-order valence-corrected chi connectivity index (χ1v) is 10.2. The Labute approximate surface area is 151 Å². The lowest BCUT2D eigenvalue weighted by Crippen LogP contribution is -2.47. The van der Waals surface area contributed by atoms with Crippen LogP contribution in [-0.2, 0) is 10.0 Å². The van der Waals surface area contributed by atoms with E-state index in [0.717, 1.165) is 12.0 Å². The zero-order valence-electron chi connectivity index (χ0n) is 15.6. The van der Waals surface area contributed by atoms with Crippen LogP contribution in [0.3, 0.4) is 0 Å². The maximum Gasteiger partial charge on any atom is 0.251 e. The van der Waals surface area contributed by atoms with Gasteiger partial charge in [-0.3, -0.25) is 4.79 Å². The van der Waals surface area contributed by atoms with E-state index >= 15 is 0 Å². The number of hydrogen-bond donors (Lipinski definition) is 1. The zero-order chi connectivity index (χ0) is 18.6. The van der Waals surface area contributed by atoms with Gasteiger partial charge in [0.25, 0.3) is 5.91 Å². The predicted octanol–water partition coefficient (Wildman–Crippen LogP) is 1.71. The van der Waals surface area contributed by atoms with Crippen molar-refractivity contribution < 1.29 is 13.2 Å². The van der Waals surface area contributed by atoms with Gasteiger partial charge in [-0.05, 0) is 44.0 Å². The third kappa shape index (κ3) is 5.03. The lowest BCUT2D eigenvalue weighted by molar-refractivity contribution is 0.0951.